The Labute approximate surface area is 114 Å². The molecule has 0 aliphatic rings. The minimum Gasteiger partial charge on any atom is -0.484 e. The van der Waals surface area contributed by atoms with Gasteiger partial charge in [0.1, 0.15) is 5.75 Å². The Kier molecular flexibility index (Phi) is 5.83. The lowest BCUT2D eigenvalue weighted by Gasteiger charge is -2.17. The van der Waals surface area contributed by atoms with E-state index in [2.05, 4.69) is 19.2 Å². The van der Waals surface area contributed by atoms with Gasteiger partial charge in [-0.3, -0.25) is 4.79 Å². The Morgan fingerprint density at radius 2 is 1.79 bits per heavy atom. The zero-order chi connectivity index (χ0) is 14.4. The van der Waals surface area contributed by atoms with Gasteiger partial charge in [-0.2, -0.15) is 0 Å². The van der Waals surface area contributed by atoms with E-state index >= 15 is 0 Å². The van der Waals surface area contributed by atoms with Crippen molar-refractivity contribution < 1.29 is 14.6 Å². The monoisotopic (exact) mass is 265 g/mol. The molecule has 0 saturated heterocycles. The first-order chi connectivity index (χ1) is 8.90. The Bertz CT molecular complexity index is 398. The van der Waals surface area contributed by atoms with Crippen LogP contribution in [0.25, 0.3) is 0 Å². The Morgan fingerprint density at radius 1 is 1.21 bits per heavy atom. The summed E-state index contributed by atoms with van der Waals surface area (Å²) in [6.45, 7) is 7.79. The van der Waals surface area contributed by atoms with Gasteiger partial charge in [0, 0.05) is 6.04 Å². The molecule has 1 rings (SSSR count). The van der Waals surface area contributed by atoms with Crippen LogP contribution in [0.3, 0.4) is 0 Å². The number of aliphatic hydroxyl groups is 1. The zero-order valence-electron chi connectivity index (χ0n) is 12.0. The number of rotatable bonds is 6. The fourth-order valence-electron chi connectivity index (χ4n) is 1.45. The van der Waals surface area contributed by atoms with Crippen molar-refractivity contribution in [2.75, 3.05) is 6.61 Å². The summed E-state index contributed by atoms with van der Waals surface area (Å²) in [5.74, 6) is 0.895. The van der Waals surface area contributed by atoms with Crippen LogP contribution in [0.1, 0.15) is 39.4 Å². The molecule has 0 aromatic heterocycles. The first-order valence-electron chi connectivity index (χ1n) is 6.60. The number of hydrogen-bond donors (Lipinski definition) is 2. The summed E-state index contributed by atoms with van der Waals surface area (Å²) < 4.78 is 5.39. The molecule has 2 N–H and O–H groups in total. The van der Waals surface area contributed by atoms with Gasteiger partial charge in [-0.25, -0.2) is 0 Å². The van der Waals surface area contributed by atoms with Crippen molar-refractivity contribution in [1.29, 1.82) is 0 Å². The number of amides is 1. The van der Waals surface area contributed by atoms with Crippen LogP contribution in [-0.2, 0) is 4.79 Å². The van der Waals surface area contributed by atoms with Gasteiger partial charge in [0.25, 0.3) is 5.91 Å². The lowest BCUT2D eigenvalue weighted by molar-refractivity contribution is -0.124. The number of carbonyl (C=O) groups is 1. The molecule has 0 radical (unpaired) electrons. The summed E-state index contributed by atoms with van der Waals surface area (Å²) in [5, 5.41) is 12.3. The number of benzene rings is 1. The van der Waals surface area contributed by atoms with E-state index < -0.39 is 6.10 Å². The van der Waals surface area contributed by atoms with E-state index in [1.165, 1.54) is 0 Å². The Balaban J connectivity index is 2.42. The highest BCUT2D eigenvalue weighted by Gasteiger charge is 2.11. The van der Waals surface area contributed by atoms with Crippen molar-refractivity contribution in [2.45, 2.75) is 39.8 Å². The van der Waals surface area contributed by atoms with Crippen LogP contribution < -0.4 is 10.1 Å². The standard InChI is InChI=1S/C15H23NO3/c1-10(2)11(3)16-15(18)9-19-14-7-5-13(6-8-14)12(4)17/h5-8,10-12,17H,9H2,1-4H3,(H,16,18)/t11?,12-/m0/s1. The molecule has 1 amide bonds. The summed E-state index contributed by atoms with van der Waals surface area (Å²) in [7, 11) is 0. The van der Waals surface area contributed by atoms with Crippen LogP contribution >= 0.6 is 0 Å². The van der Waals surface area contributed by atoms with Crippen molar-refractivity contribution in [3.8, 4) is 5.75 Å². The molecule has 0 fully saturated rings. The largest absolute Gasteiger partial charge is 0.484 e. The van der Waals surface area contributed by atoms with Gasteiger partial charge >= 0.3 is 0 Å². The second-order valence-electron chi connectivity index (χ2n) is 5.13. The molecule has 19 heavy (non-hydrogen) atoms. The molecule has 0 spiro atoms. The molecule has 4 heteroatoms. The van der Waals surface area contributed by atoms with Crippen molar-refractivity contribution in [3.63, 3.8) is 0 Å². The third-order valence-electron chi connectivity index (χ3n) is 3.12. The first-order valence-corrected chi connectivity index (χ1v) is 6.60. The maximum absolute atomic E-state index is 11.6. The smallest absolute Gasteiger partial charge is 0.258 e. The fourth-order valence-corrected chi connectivity index (χ4v) is 1.45. The molecule has 0 aliphatic heterocycles. The van der Waals surface area contributed by atoms with Crippen LogP contribution in [0.15, 0.2) is 24.3 Å². The van der Waals surface area contributed by atoms with E-state index in [1.54, 1.807) is 31.2 Å². The van der Waals surface area contributed by atoms with E-state index in [9.17, 15) is 9.90 Å². The highest BCUT2D eigenvalue weighted by molar-refractivity contribution is 5.77. The number of carbonyl (C=O) groups excluding carboxylic acids is 1. The zero-order valence-corrected chi connectivity index (χ0v) is 12.0. The number of aliphatic hydroxyl groups excluding tert-OH is 1. The molecule has 1 aromatic carbocycles. The van der Waals surface area contributed by atoms with Gasteiger partial charge in [-0.05, 0) is 37.5 Å². The summed E-state index contributed by atoms with van der Waals surface area (Å²) in [6, 6.07) is 7.21. The topological polar surface area (TPSA) is 58.6 Å². The maximum Gasteiger partial charge on any atom is 0.258 e. The number of hydrogen-bond acceptors (Lipinski definition) is 3. The third-order valence-corrected chi connectivity index (χ3v) is 3.12. The molecule has 0 saturated carbocycles. The molecular formula is C15H23NO3. The van der Waals surface area contributed by atoms with Gasteiger partial charge in [0.2, 0.25) is 0 Å². The van der Waals surface area contributed by atoms with Gasteiger partial charge in [0.15, 0.2) is 6.61 Å². The first kappa shape index (κ1) is 15.5. The van der Waals surface area contributed by atoms with E-state index in [4.69, 9.17) is 4.74 Å². The van der Waals surface area contributed by atoms with Crippen LogP contribution in [0.5, 0.6) is 5.75 Å². The lowest BCUT2D eigenvalue weighted by Crippen LogP contribution is -2.38. The van der Waals surface area contributed by atoms with Crippen LogP contribution in [0, 0.1) is 5.92 Å². The molecule has 0 aliphatic carbocycles. The van der Waals surface area contributed by atoms with Gasteiger partial charge in [-0.1, -0.05) is 26.0 Å². The second-order valence-corrected chi connectivity index (χ2v) is 5.13. The Hall–Kier alpha value is -1.55. The van der Waals surface area contributed by atoms with Crippen molar-refractivity contribution in [1.82, 2.24) is 5.32 Å². The highest BCUT2D eigenvalue weighted by Crippen LogP contribution is 2.17. The average molecular weight is 265 g/mol. The van der Waals surface area contributed by atoms with Crippen LogP contribution in [0.2, 0.25) is 0 Å². The average Bonchev–Trinajstić information content (AvgIpc) is 2.36. The SMILES string of the molecule is CC(C)C(C)NC(=O)COc1ccc([C@H](C)O)cc1. The van der Waals surface area contributed by atoms with Gasteiger partial charge in [0.05, 0.1) is 6.10 Å². The summed E-state index contributed by atoms with van der Waals surface area (Å²) in [5.41, 5.74) is 0.824. The van der Waals surface area contributed by atoms with E-state index in [0.29, 0.717) is 11.7 Å². The molecule has 0 heterocycles. The summed E-state index contributed by atoms with van der Waals surface area (Å²) in [6.07, 6.45) is -0.496. The summed E-state index contributed by atoms with van der Waals surface area (Å²) in [4.78, 5) is 11.6. The third kappa shape index (κ3) is 5.30. The quantitative estimate of drug-likeness (QED) is 0.829. The van der Waals surface area contributed by atoms with Crippen molar-refractivity contribution in [2.24, 2.45) is 5.92 Å². The predicted molar refractivity (Wildman–Crippen MR) is 75.0 cm³/mol. The Morgan fingerprint density at radius 3 is 2.26 bits per heavy atom. The van der Waals surface area contributed by atoms with E-state index in [0.717, 1.165) is 5.56 Å². The molecule has 1 unspecified atom stereocenters. The van der Waals surface area contributed by atoms with Gasteiger partial charge < -0.3 is 15.2 Å². The van der Waals surface area contributed by atoms with Gasteiger partial charge in [-0.15, -0.1) is 0 Å². The molecule has 106 valence electrons. The lowest BCUT2D eigenvalue weighted by atomic mass is 10.1. The van der Waals surface area contributed by atoms with Crippen molar-refractivity contribution in [3.05, 3.63) is 29.8 Å². The highest BCUT2D eigenvalue weighted by atomic mass is 16.5. The second kappa shape index (κ2) is 7.14. The number of nitrogens with one attached hydrogen (secondary N) is 1. The van der Waals surface area contributed by atoms with Crippen LogP contribution in [-0.4, -0.2) is 23.7 Å². The molecule has 1 aromatic rings. The minimum atomic E-state index is -0.496. The summed E-state index contributed by atoms with van der Waals surface area (Å²) >= 11 is 0. The fraction of sp³-hybridized carbons (Fsp3) is 0.533. The molecule has 2 atom stereocenters. The van der Waals surface area contributed by atoms with Crippen molar-refractivity contribution >= 4 is 5.91 Å². The van der Waals surface area contributed by atoms with E-state index in [1.807, 2.05) is 6.92 Å². The number of ether oxygens (including phenoxy) is 1. The maximum atomic E-state index is 11.6. The minimum absolute atomic E-state index is 0.00504. The molecule has 0 bridgehead atoms. The van der Waals surface area contributed by atoms with E-state index in [-0.39, 0.29) is 18.6 Å². The molecular weight excluding hydrogens is 242 g/mol. The normalized spacial score (nSPS) is 14.0. The molecule has 4 nitrogen and oxygen atoms in total. The predicted octanol–water partition coefficient (Wildman–Crippen LogP) is 2.28. The van der Waals surface area contributed by atoms with Crippen LogP contribution in [0.4, 0.5) is 0 Å².